The van der Waals surface area contributed by atoms with E-state index < -0.39 is 0 Å². The van der Waals surface area contributed by atoms with E-state index in [0.29, 0.717) is 16.7 Å². The highest BCUT2D eigenvalue weighted by molar-refractivity contribution is 5.14. The predicted octanol–water partition coefficient (Wildman–Crippen LogP) is 8.14. The average Bonchev–Trinajstić information content (AvgIpc) is 3.29. The van der Waals surface area contributed by atoms with E-state index in [-0.39, 0.29) is 11.0 Å². The van der Waals surface area contributed by atoms with Crippen LogP contribution in [0.1, 0.15) is 125 Å². The molecular formula is C31H51NO. The van der Waals surface area contributed by atoms with Crippen molar-refractivity contribution in [3.63, 3.8) is 0 Å². The van der Waals surface area contributed by atoms with Gasteiger partial charge in [-0.2, -0.15) is 5.26 Å². The quantitative estimate of drug-likeness (QED) is 0.441. The van der Waals surface area contributed by atoms with Crippen molar-refractivity contribution in [3.05, 3.63) is 0 Å². The van der Waals surface area contributed by atoms with Crippen LogP contribution in [-0.4, -0.2) is 10.7 Å². The van der Waals surface area contributed by atoms with Crippen molar-refractivity contribution in [3.8, 4) is 6.07 Å². The monoisotopic (exact) mass is 453 g/mol. The molecule has 2 nitrogen and oxygen atoms in total. The van der Waals surface area contributed by atoms with E-state index in [4.69, 9.17) is 0 Å². The molecule has 2 unspecified atom stereocenters. The minimum absolute atomic E-state index is 0.0396. The highest BCUT2D eigenvalue weighted by Crippen LogP contribution is 2.69. The smallest absolute Gasteiger partial charge is 0.0692 e. The van der Waals surface area contributed by atoms with Gasteiger partial charge < -0.3 is 5.11 Å². The van der Waals surface area contributed by atoms with E-state index in [0.717, 1.165) is 67.6 Å². The highest BCUT2D eigenvalue weighted by Gasteiger charge is 2.61. The number of nitriles is 1. The normalized spacial score (nSPS) is 54.0. The number of fused-ring (bicyclic) bond motifs is 5. The van der Waals surface area contributed by atoms with Crippen LogP contribution in [0.15, 0.2) is 0 Å². The van der Waals surface area contributed by atoms with Gasteiger partial charge in [0.1, 0.15) is 0 Å². The van der Waals surface area contributed by atoms with Gasteiger partial charge in [0.05, 0.1) is 17.1 Å². The fourth-order valence-corrected chi connectivity index (χ4v) is 10.6. The predicted molar refractivity (Wildman–Crippen MR) is 135 cm³/mol. The average molecular weight is 454 g/mol. The molecule has 5 aliphatic carbocycles. The zero-order valence-electron chi connectivity index (χ0n) is 22.3. The highest BCUT2D eigenvalue weighted by atomic mass is 16.3. The minimum Gasteiger partial charge on any atom is -0.390 e. The Morgan fingerprint density at radius 1 is 0.970 bits per heavy atom. The molecular weight excluding hydrogens is 402 g/mol. The van der Waals surface area contributed by atoms with Crippen molar-refractivity contribution < 1.29 is 5.11 Å². The first-order chi connectivity index (χ1) is 15.6. The van der Waals surface area contributed by atoms with E-state index in [1.165, 1.54) is 57.8 Å². The molecule has 33 heavy (non-hydrogen) atoms. The van der Waals surface area contributed by atoms with Crippen molar-refractivity contribution in [2.24, 2.45) is 57.7 Å². The summed E-state index contributed by atoms with van der Waals surface area (Å²) in [6.07, 6.45) is 17.7. The van der Waals surface area contributed by atoms with Crippen LogP contribution < -0.4 is 0 Å². The minimum atomic E-state index is -0.379. The largest absolute Gasteiger partial charge is 0.390 e. The Balaban J connectivity index is 1.24. The van der Waals surface area contributed by atoms with Crippen LogP contribution in [0, 0.1) is 69.0 Å². The van der Waals surface area contributed by atoms with Crippen LogP contribution in [-0.2, 0) is 0 Å². The Morgan fingerprint density at radius 3 is 2.36 bits per heavy atom. The summed E-state index contributed by atoms with van der Waals surface area (Å²) in [5.74, 6) is 5.84. The number of nitrogens with zero attached hydrogens (tertiary/aromatic N) is 1. The Hall–Kier alpha value is -0.550. The maximum atomic E-state index is 11.1. The lowest BCUT2D eigenvalue weighted by Crippen LogP contribution is -2.56. The number of hydrogen-bond acceptors (Lipinski definition) is 2. The third kappa shape index (κ3) is 3.74. The molecule has 0 aliphatic heterocycles. The summed E-state index contributed by atoms with van der Waals surface area (Å²) in [7, 11) is 0. The van der Waals surface area contributed by atoms with Crippen LogP contribution in [0.25, 0.3) is 0 Å². The second kappa shape index (κ2) is 8.25. The molecule has 0 saturated heterocycles. The van der Waals surface area contributed by atoms with Gasteiger partial charge in [-0.3, -0.25) is 0 Å². The summed E-state index contributed by atoms with van der Waals surface area (Å²) in [4.78, 5) is 0. The molecule has 5 aliphatic rings. The molecule has 186 valence electrons. The third-order valence-electron chi connectivity index (χ3n) is 13.2. The molecule has 5 fully saturated rings. The topological polar surface area (TPSA) is 44.0 Å². The molecule has 11 atom stereocenters. The van der Waals surface area contributed by atoms with Gasteiger partial charge in [0.25, 0.3) is 0 Å². The fraction of sp³-hybridized carbons (Fsp3) is 0.968. The lowest BCUT2D eigenvalue weighted by atomic mass is 9.43. The molecule has 0 amide bonds. The Kier molecular flexibility index (Phi) is 6.04. The van der Waals surface area contributed by atoms with Crippen LogP contribution in [0.2, 0.25) is 0 Å². The van der Waals surface area contributed by atoms with Gasteiger partial charge in [-0.1, -0.05) is 47.5 Å². The first kappa shape index (κ1) is 24.2. The Bertz CT molecular complexity index is 786. The zero-order valence-corrected chi connectivity index (χ0v) is 22.3. The summed E-state index contributed by atoms with van der Waals surface area (Å²) in [6, 6.07) is 2.65. The van der Waals surface area contributed by atoms with Gasteiger partial charge in [0, 0.05) is 0 Å². The van der Waals surface area contributed by atoms with Gasteiger partial charge in [0.2, 0.25) is 0 Å². The second-order valence-electron chi connectivity index (χ2n) is 14.4. The molecule has 1 N–H and O–H groups in total. The van der Waals surface area contributed by atoms with Gasteiger partial charge in [0.15, 0.2) is 0 Å². The van der Waals surface area contributed by atoms with Gasteiger partial charge >= 0.3 is 0 Å². The maximum absolute atomic E-state index is 11.1. The summed E-state index contributed by atoms with van der Waals surface area (Å²) in [5.41, 5.74) is 0.679. The molecule has 0 radical (unpaired) electrons. The van der Waals surface area contributed by atoms with Crippen molar-refractivity contribution in [2.75, 3.05) is 0 Å². The molecule has 0 aromatic carbocycles. The van der Waals surface area contributed by atoms with E-state index in [9.17, 15) is 10.4 Å². The fourth-order valence-electron chi connectivity index (χ4n) is 10.6. The summed E-state index contributed by atoms with van der Waals surface area (Å²) < 4.78 is 0. The number of aliphatic hydroxyl groups is 1. The van der Waals surface area contributed by atoms with Crippen molar-refractivity contribution in [2.45, 2.75) is 130 Å². The van der Waals surface area contributed by atoms with E-state index in [1.807, 2.05) is 0 Å². The summed E-state index contributed by atoms with van der Waals surface area (Å²) in [5, 5.41) is 20.6. The number of hydrogen-bond donors (Lipinski definition) is 1. The van der Waals surface area contributed by atoms with Gasteiger partial charge in [-0.05, 0) is 129 Å². The standard InChI is InChI=1S/C31H51NO/c1-6-31(33)17-16-28(4)23(19-31)9-10-24-26-12-11-25(29(26,5)15-13-27(24)28)21(2)8-7-14-30(20-32)18-22(30)3/h21-27,33H,6-19H2,1-5H3/t21-,22?,23+,24+,25-,26+,27+,28+,29-,30?,31+/m1/s1. The molecule has 0 aromatic heterocycles. The maximum Gasteiger partial charge on any atom is 0.0692 e. The van der Waals surface area contributed by atoms with E-state index in [1.54, 1.807) is 0 Å². The second-order valence-corrected chi connectivity index (χ2v) is 14.4. The first-order valence-corrected chi connectivity index (χ1v) is 14.7. The molecule has 0 aromatic rings. The molecule has 0 heterocycles. The lowest BCUT2D eigenvalue weighted by Gasteiger charge is -2.62. The van der Waals surface area contributed by atoms with Crippen LogP contribution in [0.5, 0.6) is 0 Å². The van der Waals surface area contributed by atoms with E-state index >= 15 is 0 Å². The SMILES string of the molecule is CC[C@]1(O)CC[C@@]2(C)[C@@H](CC[C@@H]3[C@@H]2CC[C@]2(C)[C@@H]([C@H](C)CCCC4(C#N)CC4C)CC[C@@H]32)C1. The number of rotatable bonds is 6. The molecule has 5 saturated carbocycles. The van der Waals surface area contributed by atoms with Crippen molar-refractivity contribution in [1.82, 2.24) is 0 Å². The van der Waals surface area contributed by atoms with Crippen molar-refractivity contribution >= 4 is 0 Å². The summed E-state index contributed by atoms with van der Waals surface area (Å²) in [6.45, 7) is 12.3. The zero-order chi connectivity index (χ0) is 23.6. The van der Waals surface area contributed by atoms with Crippen LogP contribution >= 0.6 is 0 Å². The lowest BCUT2D eigenvalue weighted by molar-refractivity contribution is -0.152. The Labute approximate surface area is 204 Å². The Morgan fingerprint density at radius 2 is 1.70 bits per heavy atom. The van der Waals surface area contributed by atoms with Gasteiger partial charge in [-0.25, -0.2) is 0 Å². The third-order valence-corrected chi connectivity index (χ3v) is 13.2. The molecule has 2 heteroatoms. The van der Waals surface area contributed by atoms with Crippen LogP contribution in [0.4, 0.5) is 0 Å². The van der Waals surface area contributed by atoms with E-state index in [2.05, 4.69) is 40.7 Å². The van der Waals surface area contributed by atoms with Crippen LogP contribution in [0.3, 0.4) is 0 Å². The first-order valence-electron chi connectivity index (χ1n) is 14.7. The summed E-state index contributed by atoms with van der Waals surface area (Å²) >= 11 is 0. The molecule has 0 bridgehead atoms. The van der Waals surface area contributed by atoms with Crippen molar-refractivity contribution in [1.29, 1.82) is 5.26 Å². The molecule has 0 spiro atoms. The molecule has 5 rings (SSSR count). The van der Waals surface area contributed by atoms with Gasteiger partial charge in [-0.15, -0.1) is 0 Å².